The van der Waals surface area contributed by atoms with E-state index in [1.54, 1.807) is 37.3 Å². The fraction of sp³-hybridized carbons (Fsp3) is 0.385. The molecule has 104 valence electrons. The first-order valence-electron chi connectivity index (χ1n) is 5.97. The molecule has 6 heteroatoms. The van der Waals surface area contributed by atoms with E-state index in [9.17, 15) is 9.59 Å². The zero-order chi connectivity index (χ0) is 14.3. The second-order valence-electron chi connectivity index (χ2n) is 3.83. The van der Waals surface area contributed by atoms with Gasteiger partial charge in [-0.15, -0.1) is 0 Å². The predicted octanol–water partition coefficient (Wildman–Crippen LogP) is 0.253. The summed E-state index contributed by atoms with van der Waals surface area (Å²) in [5.74, 6) is -2.79. The van der Waals surface area contributed by atoms with Gasteiger partial charge in [0.05, 0.1) is 13.1 Å². The number of carbonyl (C=O) groups is 2. The van der Waals surface area contributed by atoms with Gasteiger partial charge in [0.1, 0.15) is 0 Å². The minimum Gasteiger partial charge on any atom is -0.417 e. The average molecular weight is 266 g/mol. The minimum atomic E-state index is -1.48. The number of nitrogens with two attached hydrogens (primary N) is 2. The quantitative estimate of drug-likeness (QED) is 0.565. The van der Waals surface area contributed by atoms with Crippen molar-refractivity contribution < 1.29 is 19.1 Å². The van der Waals surface area contributed by atoms with Gasteiger partial charge in [-0.3, -0.25) is 9.59 Å². The Labute approximate surface area is 111 Å². The van der Waals surface area contributed by atoms with Crippen molar-refractivity contribution in [1.29, 1.82) is 0 Å². The molecule has 0 aromatic heterocycles. The summed E-state index contributed by atoms with van der Waals surface area (Å²) in [6.45, 7) is 1.14. The molecule has 0 fully saturated rings. The summed E-state index contributed by atoms with van der Waals surface area (Å²) in [5.41, 5.74) is 11.0. The Hall–Kier alpha value is -1.92. The largest absolute Gasteiger partial charge is 0.417 e. The molecule has 0 bridgehead atoms. The van der Waals surface area contributed by atoms with E-state index >= 15 is 0 Å². The maximum atomic E-state index is 11.5. The van der Waals surface area contributed by atoms with Gasteiger partial charge in [-0.25, -0.2) is 0 Å². The van der Waals surface area contributed by atoms with E-state index in [0.29, 0.717) is 5.56 Å². The van der Waals surface area contributed by atoms with Crippen molar-refractivity contribution in [3.8, 4) is 0 Å². The summed E-state index contributed by atoms with van der Waals surface area (Å²) in [6, 6.07) is 8.73. The van der Waals surface area contributed by atoms with E-state index in [1.807, 2.05) is 0 Å². The third-order valence-electron chi connectivity index (χ3n) is 2.57. The summed E-state index contributed by atoms with van der Waals surface area (Å²) in [6.07, 6.45) is 0.258. The van der Waals surface area contributed by atoms with Crippen LogP contribution in [0.5, 0.6) is 0 Å². The van der Waals surface area contributed by atoms with Crippen molar-refractivity contribution >= 4 is 11.9 Å². The summed E-state index contributed by atoms with van der Waals surface area (Å²) in [5, 5.41) is 0. The van der Waals surface area contributed by atoms with Crippen molar-refractivity contribution in [2.45, 2.75) is 19.1 Å². The summed E-state index contributed by atoms with van der Waals surface area (Å²) in [4.78, 5) is 22.9. The lowest BCUT2D eigenvalue weighted by molar-refractivity contribution is -0.234. The molecule has 6 nitrogen and oxygen atoms in total. The Morgan fingerprint density at radius 3 is 1.89 bits per heavy atom. The Balaban J connectivity index is 3.13. The van der Waals surface area contributed by atoms with Crippen molar-refractivity contribution in [2.75, 3.05) is 13.1 Å². The number of ether oxygens (including phenoxy) is 2. The first-order chi connectivity index (χ1) is 9.07. The zero-order valence-corrected chi connectivity index (χ0v) is 10.8. The van der Waals surface area contributed by atoms with Gasteiger partial charge in [-0.05, 0) is 0 Å². The molecule has 1 aromatic rings. The highest BCUT2D eigenvalue weighted by Gasteiger charge is 2.38. The van der Waals surface area contributed by atoms with Crippen LogP contribution in [-0.4, -0.2) is 25.0 Å². The molecule has 0 aliphatic heterocycles. The molecule has 1 aromatic carbocycles. The highest BCUT2D eigenvalue weighted by atomic mass is 16.7. The SMILES string of the molecule is CCC(OC(=O)CN)(OC(=O)CN)c1ccccc1. The van der Waals surface area contributed by atoms with Crippen LogP contribution in [0.3, 0.4) is 0 Å². The maximum Gasteiger partial charge on any atom is 0.323 e. The van der Waals surface area contributed by atoms with E-state index in [0.717, 1.165) is 0 Å². The maximum absolute atomic E-state index is 11.5. The average Bonchev–Trinajstić information content (AvgIpc) is 2.46. The standard InChI is InChI=1S/C13H18N2O4/c1-2-13(18-11(16)8-14,19-12(17)9-15)10-6-4-3-5-7-10/h3-7H,2,8-9,14-15H2,1H3. The summed E-state index contributed by atoms with van der Waals surface area (Å²) in [7, 11) is 0. The lowest BCUT2D eigenvalue weighted by Gasteiger charge is -2.32. The lowest BCUT2D eigenvalue weighted by atomic mass is 10.0. The third kappa shape index (κ3) is 3.77. The number of hydrogen-bond acceptors (Lipinski definition) is 6. The number of carbonyl (C=O) groups excluding carboxylic acids is 2. The molecule has 0 spiro atoms. The molecule has 0 unspecified atom stereocenters. The molecular formula is C13H18N2O4. The topological polar surface area (TPSA) is 105 Å². The molecule has 0 amide bonds. The van der Waals surface area contributed by atoms with Crippen LogP contribution in [0, 0.1) is 0 Å². The van der Waals surface area contributed by atoms with Gasteiger partial charge in [0.15, 0.2) is 0 Å². The number of esters is 2. The van der Waals surface area contributed by atoms with E-state index in [2.05, 4.69) is 0 Å². The highest BCUT2D eigenvalue weighted by Crippen LogP contribution is 2.31. The van der Waals surface area contributed by atoms with Crippen molar-refractivity contribution in [1.82, 2.24) is 0 Å². The molecule has 0 aliphatic carbocycles. The third-order valence-corrected chi connectivity index (χ3v) is 2.57. The van der Waals surface area contributed by atoms with E-state index < -0.39 is 17.7 Å². The van der Waals surface area contributed by atoms with Crippen molar-refractivity contribution in [2.24, 2.45) is 11.5 Å². The monoisotopic (exact) mass is 266 g/mol. The van der Waals surface area contributed by atoms with E-state index in [4.69, 9.17) is 20.9 Å². The van der Waals surface area contributed by atoms with Crippen molar-refractivity contribution in [3.63, 3.8) is 0 Å². The smallest absolute Gasteiger partial charge is 0.323 e. The zero-order valence-electron chi connectivity index (χ0n) is 10.8. The summed E-state index contributed by atoms with van der Waals surface area (Å²) >= 11 is 0. The number of hydrogen-bond donors (Lipinski definition) is 2. The van der Waals surface area contributed by atoms with Gasteiger partial charge in [-0.2, -0.15) is 0 Å². The van der Waals surface area contributed by atoms with Crippen LogP contribution in [0.15, 0.2) is 30.3 Å². The number of benzene rings is 1. The van der Waals surface area contributed by atoms with Crippen LogP contribution >= 0.6 is 0 Å². The Morgan fingerprint density at radius 2 is 1.53 bits per heavy atom. The minimum absolute atomic E-state index is 0.258. The molecule has 0 aliphatic rings. The fourth-order valence-corrected chi connectivity index (χ4v) is 1.63. The van der Waals surface area contributed by atoms with Gasteiger partial charge < -0.3 is 20.9 Å². The Bertz CT molecular complexity index is 416. The van der Waals surface area contributed by atoms with Crippen LogP contribution in [-0.2, 0) is 24.8 Å². The van der Waals surface area contributed by atoms with Gasteiger partial charge >= 0.3 is 11.9 Å². The first kappa shape index (κ1) is 15.1. The highest BCUT2D eigenvalue weighted by molar-refractivity contribution is 5.74. The molecule has 1 rings (SSSR count). The van der Waals surface area contributed by atoms with Gasteiger partial charge in [0.2, 0.25) is 0 Å². The molecule has 19 heavy (non-hydrogen) atoms. The second-order valence-corrected chi connectivity index (χ2v) is 3.83. The molecule has 0 heterocycles. The molecule has 4 N–H and O–H groups in total. The summed E-state index contributed by atoms with van der Waals surface area (Å²) < 4.78 is 10.5. The lowest BCUT2D eigenvalue weighted by Crippen LogP contribution is -2.40. The normalized spacial score (nSPS) is 10.9. The fourth-order valence-electron chi connectivity index (χ4n) is 1.63. The van der Waals surface area contributed by atoms with Crippen LogP contribution in [0.1, 0.15) is 18.9 Å². The Morgan fingerprint density at radius 1 is 1.05 bits per heavy atom. The van der Waals surface area contributed by atoms with Gasteiger partial charge in [0, 0.05) is 12.0 Å². The van der Waals surface area contributed by atoms with Crippen LogP contribution in [0.4, 0.5) is 0 Å². The first-order valence-corrected chi connectivity index (χ1v) is 5.97. The van der Waals surface area contributed by atoms with Crippen LogP contribution in [0.25, 0.3) is 0 Å². The van der Waals surface area contributed by atoms with Crippen LogP contribution in [0.2, 0.25) is 0 Å². The van der Waals surface area contributed by atoms with Gasteiger partial charge in [0.25, 0.3) is 5.79 Å². The Kier molecular flexibility index (Phi) is 5.47. The molecule has 0 saturated heterocycles. The van der Waals surface area contributed by atoms with Gasteiger partial charge in [-0.1, -0.05) is 37.3 Å². The molecular weight excluding hydrogens is 248 g/mol. The molecule has 0 saturated carbocycles. The van der Waals surface area contributed by atoms with Crippen LogP contribution < -0.4 is 11.5 Å². The number of rotatable bonds is 6. The van der Waals surface area contributed by atoms with E-state index in [-0.39, 0.29) is 19.5 Å². The van der Waals surface area contributed by atoms with Crippen molar-refractivity contribution in [3.05, 3.63) is 35.9 Å². The van der Waals surface area contributed by atoms with E-state index in [1.165, 1.54) is 0 Å². The predicted molar refractivity (Wildman–Crippen MR) is 68.7 cm³/mol. The second kappa shape index (κ2) is 6.86. The molecule has 0 atom stereocenters. The molecule has 0 radical (unpaired) electrons.